The molecule has 4 aliphatic carbocycles. The SMILES string of the molecule is CCc1cc[n+](C)c(-c2cc3c(cc2C)C(C)(C)c2ncccc2-3)c1.Cc1cc[n+](C)c(-c2cc3c(cc2C)C(C)(C)c2ncccc2-3)c1.[2H]C([2H])([2H])c1c[n+](C)c(-c2cc3c(cc2C)C(C)(C)c2ncccc2-3)cc1C.[2H]C([2H])([2H])c1ccc(-c2cc3c(cc2C)C(C)(C)c2ncccc2-3)[n+](C)c1. The largest absolute Gasteiger partial charge is 0.260 e. The van der Waals surface area contributed by atoms with Crippen molar-refractivity contribution in [2.45, 2.75) is 146 Å². The van der Waals surface area contributed by atoms with Gasteiger partial charge in [-0.25, -0.2) is 18.3 Å². The first-order valence-electron chi connectivity index (χ1n) is 37.4. The molecule has 16 rings (SSSR count). The molecule has 8 nitrogen and oxygen atoms in total. The van der Waals surface area contributed by atoms with Crippen LogP contribution in [0.2, 0.25) is 0 Å². The number of pyridine rings is 8. The third-order valence-corrected chi connectivity index (χ3v) is 21.6. The third-order valence-electron chi connectivity index (χ3n) is 21.6. The van der Waals surface area contributed by atoms with Gasteiger partial charge in [0.1, 0.15) is 28.2 Å². The Kier molecular flexibility index (Phi) is 15.1. The van der Waals surface area contributed by atoms with E-state index in [1.807, 2.05) is 91.3 Å². The van der Waals surface area contributed by atoms with Gasteiger partial charge in [-0.05, 0) is 200 Å². The molecule has 4 aromatic carbocycles. The van der Waals surface area contributed by atoms with Crippen molar-refractivity contribution in [2.75, 3.05) is 0 Å². The van der Waals surface area contributed by atoms with E-state index < -0.39 is 13.7 Å². The second kappa shape index (κ2) is 24.9. The summed E-state index contributed by atoms with van der Waals surface area (Å²) in [6, 6.07) is 49.7. The fourth-order valence-electron chi connectivity index (χ4n) is 15.8. The number of hydrogen-bond acceptors (Lipinski definition) is 4. The zero-order chi connectivity index (χ0) is 74.8. The molecule has 0 aliphatic heterocycles. The number of aromatic nitrogens is 8. The molecule has 0 spiro atoms. The van der Waals surface area contributed by atoms with Crippen LogP contribution in [0.3, 0.4) is 0 Å². The second-order valence-electron chi connectivity index (χ2n) is 29.8. The van der Waals surface area contributed by atoms with Crippen molar-refractivity contribution in [3.63, 3.8) is 0 Å². The molecule has 0 bridgehead atoms. The number of hydrogen-bond donors (Lipinski definition) is 0. The highest BCUT2D eigenvalue weighted by molar-refractivity contribution is 5.87. The molecule has 8 aromatic heterocycles. The molecule has 0 saturated carbocycles. The topological polar surface area (TPSA) is 67.1 Å². The summed E-state index contributed by atoms with van der Waals surface area (Å²) < 4.78 is 54.4. The summed E-state index contributed by atoms with van der Waals surface area (Å²) in [6.45, 7) is 28.7. The summed E-state index contributed by atoms with van der Waals surface area (Å²) in [7, 11) is 8.05. The van der Waals surface area contributed by atoms with Crippen molar-refractivity contribution >= 4 is 0 Å². The molecular weight excluding hydrogens is 1190 g/mol. The maximum Gasteiger partial charge on any atom is 0.212 e. The van der Waals surface area contributed by atoms with E-state index in [2.05, 4.69) is 245 Å². The predicted octanol–water partition coefficient (Wildman–Crippen LogP) is 18.5. The lowest BCUT2D eigenvalue weighted by molar-refractivity contribution is -0.660. The highest BCUT2D eigenvalue weighted by Crippen LogP contribution is 2.53. The van der Waals surface area contributed by atoms with Gasteiger partial charge >= 0.3 is 0 Å². The highest BCUT2D eigenvalue weighted by atomic mass is 14.9. The van der Waals surface area contributed by atoms with Crippen LogP contribution in [-0.2, 0) is 56.3 Å². The summed E-state index contributed by atoms with van der Waals surface area (Å²) >= 11 is 0. The average molecular weight is 1300 g/mol. The molecule has 8 heterocycles. The van der Waals surface area contributed by atoms with Gasteiger partial charge in [0.2, 0.25) is 22.8 Å². The van der Waals surface area contributed by atoms with Crippen molar-refractivity contribution in [3.05, 3.63) is 284 Å². The molecule has 0 fully saturated rings. The molecule has 4 aliphatic rings. The molecule has 0 N–H and O–H groups in total. The van der Waals surface area contributed by atoms with Crippen LogP contribution in [0.5, 0.6) is 0 Å². The van der Waals surface area contributed by atoms with Crippen molar-refractivity contribution in [2.24, 2.45) is 28.2 Å². The zero-order valence-electron chi connectivity index (χ0n) is 66.7. The summed E-state index contributed by atoms with van der Waals surface area (Å²) in [6.07, 6.45) is 16.3. The van der Waals surface area contributed by atoms with E-state index in [0.29, 0.717) is 11.1 Å². The minimum atomic E-state index is -2.11. The van der Waals surface area contributed by atoms with Crippen LogP contribution in [0.25, 0.3) is 89.5 Å². The fourth-order valence-corrected chi connectivity index (χ4v) is 15.8. The standard InChI is InChI=1S/2C23H25N2.2C22H23N2/c1-14-11-21(25(6)13-16(14)3)18-12-19-17-8-7-9-24-22(17)23(4,5)20(19)10-15(18)2;1-6-16-9-11-25(5)21(13-16)18-14-19-17-8-7-10-24-22(17)23(3,4)20(19)12-15(18)2;1-14-8-9-20(24(5)13-14)17-12-18-16-7-6-10-23-21(16)22(3,4)19(18)11-15(17)2;1-14-8-10-24(5)20(11-14)17-13-18-16-7-6-9-23-21(16)22(3,4)19(18)12-15(17)2/h7-13H,1-6H3;7-14H,6H2,1-5H3;2*6-13H,1-5H3/q4*+1/i3D3;;1D3;. The molecule has 0 atom stereocenters. The molecule has 0 amide bonds. The van der Waals surface area contributed by atoms with Gasteiger partial charge in [0.05, 0.1) is 22.8 Å². The second-order valence-corrected chi connectivity index (χ2v) is 29.8. The number of nitrogens with zero attached hydrogens (tertiary/aromatic N) is 8. The van der Waals surface area contributed by atoms with Crippen LogP contribution in [0.15, 0.2) is 189 Å². The van der Waals surface area contributed by atoms with E-state index in [1.54, 1.807) is 18.5 Å². The van der Waals surface area contributed by atoms with Gasteiger partial charge in [-0.2, -0.15) is 0 Å². The molecule has 492 valence electrons. The van der Waals surface area contributed by atoms with Gasteiger partial charge in [-0.3, -0.25) is 19.9 Å². The van der Waals surface area contributed by atoms with E-state index in [9.17, 15) is 0 Å². The van der Waals surface area contributed by atoms with Crippen LogP contribution in [-0.4, -0.2) is 19.9 Å². The van der Waals surface area contributed by atoms with Crippen LogP contribution in [0.4, 0.5) is 0 Å². The van der Waals surface area contributed by atoms with E-state index in [4.69, 9.17) is 13.2 Å². The van der Waals surface area contributed by atoms with Gasteiger partial charge in [-0.15, -0.1) is 0 Å². The number of fused-ring (bicyclic) bond motifs is 12. The molecule has 12 aromatic rings. The van der Waals surface area contributed by atoms with Crippen molar-refractivity contribution < 1.29 is 26.5 Å². The zero-order valence-corrected chi connectivity index (χ0v) is 60.7. The van der Waals surface area contributed by atoms with Crippen molar-refractivity contribution in [3.8, 4) is 89.5 Å². The Balaban J connectivity index is 0.000000123. The third kappa shape index (κ3) is 11.3. The van der Waals surface area contributed by atoms with E-state index in [0.717, 1.165) is 45.9 Å². The maximum absolute atomic E-state index is 7.77. The molecular formula is C90H96N8+4. The van der Waals surface area contributed by atoms with E-state index in [-0.39, 0.29) is 21.7 Å². The quantitative estimate of drug-likeness (QED) is 0.161. The van der Waals surface area contributed by atoms with Crippen LogP contribution >= 0.6 is 0 Å². The Morgan fingerprint density at radius 3 is 1.04 bits per heavy atom. The minimum Gasteiger partial charge on any atom is -0.260 e. The first-order chi connectivity index (χ1) is 48.9. The summed E-state index contributed by atoms with van der Waals surface area (Å²) in [5.41, 5.74) is 38.2. The Bertz CT molecular complexity index is 5480. The number of benzene rings is 4. The van der Waals surface area contributed by atoms with Crippen molar-refractivity contribution in [1.29, 1.82) is 0 Å². The van der Waals surface area contributed by atoms with E-state index in [1.165, 1.54) is 134 Å². The van der Waals surface area contributed by atoms with Crippen LogP contribution in [0, 0.1) is 55.2 Å². The first kappa shape index (κ1) is 59.4. The monoisotopic (exact) mass is 1290 g/mol. The van der Waals surface area contributed by atoms with Crippen LogP contribution < -0.4 is 18.3 Å². The molecule has 0 radical (unpaired) electrons. The maximum atomic E-state index is 7.77. The lowest BCUT2D eigenvalue weighted by Crippen LogP contribution is -2.31. The summed E-state index contributed by atoms with van der Waals surface area (Å²) in [5, 5.41) is 0. The molecule has 8 heteroatoms. The Morgan fingerprint density at radius 2 is 0.673 bits per heavy atom. The average Bonchev–Trinajstić information content (AvgIpc) is 1.59. The predicted molar refractivity (Wildman–Crippen MR) is 401 cm³/mol. The minimum absolute atomic E-state index is 0.0377. The molecule has 0 unspecified atom stereocenters. The summed E-state index contributed by atoms with van der Waals surface area (Å²) in [4.78, 5) is 18.7. The van der Waals surface area contributed by atoms with Gasteiger partial charge in [0.25, 0.3) is 0 Å². The fraction of sp³-hybridized carbons (Fsp3) is 0.289. The number of aryl methyl sites for hydroxylation is 13. The highest BCUT2D eigenvalue weighted by Gasteiger charge is 2.42. The van der Waals surface area contributed by atoms with Gasteiger partial charge in [0.15, 0.2) is 24.8 Å². The Hall–Kier alpha value is -9.92. The molecule has 98 heavy (non-hydrogen) atoms. The van der Waals surface area contributed by atoms with Gasteiger partial charge in [0, 0.05) is 147 Å². The number of rotatable bonds is 5. The van der Waals surface area contributed by atoms with Gasteiger partial charge in [-0.1, -0.05) is 111 Å². The lowest BCUT2D eigenvalue weighted by atomic mass is 9.83. The summed E-state index contributed by atoms with van der Waals surface area (Å²) in [5.74, 6) is 0. The van der Waals surface area contributed by atoms with Crippen molar-refractivity contribution in [1.82, 2.24) is 19.9 Å². The Morgan fingerprint density at radius 1 is 0.316 bits per heavy atom. The lowest BCUT2D eigenvalue weighted by Gasteiger charge is -2.21. The molecule has 0 saturated heterocycles. The van der Waals surface area contributed by atoms with Gasteiger partial charge < -0.3 is 0 Å². The van der Waals surface area contributed by atoms with E-state index >= 15 is 0 Å². The van der Waals surface area contributed by atoms with Crippen LogP contribution in [0.1, 0.15) is 166 Å². The normalized spacial score (nSPS) is 15.5. The smallest absolute Gasteiger partial charge is 0.212 e. The first-order valence-corrected chi connectivity index (χ1v) is 34.4. The Labute approximate surface area is 591 Å².